The molecule has 0 unspecified atom stereocenters. The number of ether oxygens (including phenoxy) is 1. The number of aromatic nitrogens is 2. The fourth-order valence-corrected chi connectivity index (χ4v) is 2.12. The van der Waals surface area contributed by atoms with Gasteiger partial charge in [0, 0.05) is 12.3 Å². The Bertz CT molecular complexity index is 582. The fraction of sp³-hybridized carbons (Fsp3) is 0.250. The molecule has 0 aliphatic carbocycles. The van der Waals surface area contributed by atoms with Gasteiger partial charge in [0.1, 0.15) is 6.10 Å². The zero-order valence-electron chi connectivity index (χ0n) is 9.82. The van der Waals surface area contributed by atoms with Crippen LogP contribution in [-0.2, 0) is 0 Å². The molecule has 0 N–H and O–H groups in total. The lowest BCUT2D eigenvalue weighted by Gasteiger charge is -2.38. The van der Waals surface area contributed by atoms with Crippen LogP contribution >= 0.6 is 15.9 Å². The number of rotatable bonds is 3. The van der Waals surface area contributed by atoms with Crippen LogP contribution in [0.2, 0.25) is 0 Å². The van der Waals surface area contributed by atoms with Crippen molar-refractivity contribution in [3.05, 3.63) is 40.8 Å². The lowest BCUT2D eigenvalue weighted by molar-refractivity contribution is 0.0129. The third-order valence-electron chi connectivity index (χ3n) is 2.79. The van der Waals surface area contributed by atoms with Crippen LogP contribution < -0.4 is 4.74 Å². The van der Waals surface area contributed by atoms with Crippen LogP contribution in [0.5, 0.6) is 5.88 Å². The summed E-state index contributed by atoms with van der Waals surface area (Å²) in [6.45, 7) is 1.03. The van der Waals surface area contributed by atoms with Gasteiger partial charge in [0.05, 0.1) is 23.8 Å². The van der Waals surface area contributed by atoms with Crippen molar-refractivity contribution in [2.75, 3.05) is 13.1 Å². The molecule has 0 bridgehead atoms. The molecule has 3 heterocycles. The highest BCUT2D eigenvalue weighted by molar-refractivity contribution is 9.10. The highest BCUT2D eigenvalue weighted by atomic mass is 79.9. The normalized spacial score (nSPS) is 15.1. The summed E-state index contributed by atoms with van der Waals surface area (Å²) in [6.07, 6.45) is 3.07. The van der Waals surface area contributed by atoms with Gasteiger partial charge in [-0.1, -0.05) is 5.16 Å². The molecule has 19 heavy (non-hydrogen) atoms. The van der Waals surface area contributed by atoms with Crippen molar-refractivity contribution in [1.29, 1.82) is 0 Å². The third-order valence-corrected chi connectivity index (χ3v) is 3.39. The van der Waals surface area contributed by atoms with Crippen LogP contribution in [0.15, 0.2) is 39.6 Å². The van der Waals surface area contributed by atoms with Gasteiger partial charge in [-0.25, -0.2) is 4.98 Å². The molecular weight excluding hydrogens is 314 g/mol. The maximum Gasteiger partial charge on any atom is 0.292 e. The minimum atomic E-state index is -0.169. The Labute approximate surface area is 117 Å². The quantitative estimate of drug-likeness (QED) is 0.860. The minimum absolute atomic E-state index is 0.0435. The summed E-state index contributed by atoms with van der Waals surface area (Å²) < 4.78 is 11.3. The van der Waals surface area contributed by atoms with E-state index in [1.54, 1.807) is 17.2 Å². The van der Waals surface area contributed by atoms with Crippen LogP contribution in [0.3, 0.4) is 0 Å². The van der Waals surface area contributed by atoms with E-state index in [0.29, 0.717) is 19.0 Å². The summed E-state index contributed by atoms with van der Waals surface area (Å²) >= 11 is 3.36. The van der Waals surface area contributed by atoms with E-state index in [9.17, 15) is 4.79 Å². The average molecular weight is 324 g/mol. The van der Waals surface area contributed by atoms with E-state index in [1.807, 2.05) is 12.1 Å². The number of halogens is 1. The topological polar surface area (TPSA) is 68.5 Å². The molecule has 7 heteroatoms. The molecule has 1 aliphatic heterocycles. The first-order valence-electron chi connectivity index (χ1n) is 5.71. The summed E-state index contributed by atoms with van der Waals surface area (Å²) in [6, 6.07) is 5.22. The Morgan fingerprint density at radius 2 is 2.26 bits per heavy atom. The van der Waals surface area contributed by atoms with Gasteiger partial charge in [-0.15, -0.1) is 0 Å². The second kappa shape index (κ2) is 5.00. The number of carbonyl (C=O) groups excluding carboxylic acids is 1. The lowest BCUT2D eigenvalue weighted by atomic mass is 10.1. The molecule has 0 spiro atoms. The maximum atomic E-state index is 11.9. The molecule has 1 saturated heterocycles. The number of carbonyl (C=O) groups is 1. The highest BCUT2D eigenvalue weighted by Crippen LogP contribution is 2.24. The van der Waals surface area contributed by atoms with E-state index >= 15 is 0 Å². The number of hydrogen-bond donors (Lipinski definition) is 0. The summed E-state index contributed by atoms with van der Waals surface area (Å²) in [5.41, 5.74) is 0. The number of hydrogen-bond acceptors (Lipinski definition) is 5. The molecule has 2 aromatic rings. The van der Waals surface area contributed by atoms with Crippen molar-refractivity contribution < 1.29 is 14.1 Å². The summed E-state index contributed by atoms with van der Waals surface area (Å²) in [5, 5.41) is 3.51. The third kappa shape index (κ3) is 2.46. The van der Waals surface area contributed by atoms with Crippen molar-refractivity contribution in [3.63, 3.8) is 0 Å². The molecule has 0 radical (unpaired) electrons. The predicted molar refractivity (Wildman–Crippen MR) is 68.8 cm³/mol. The number of pyridine rings is 1. The highest BCUT2D eigenvalue weighted by Gasteiger charge is 2.34. The molecule has 0 atom stereocenters. The Morgan fingerprint density at radius 3 is 2.95 bits per heavy atom. The van der Waals surface area contributed by atoms with E-state index in [4.69, 9.17) is 9.26 Å². The number of nitrogens with zero attached hydrogens (tertiary/aromatic N) is 3. The average Bonchev–Trinajstić information content (AvgIpc) is 2.88. The van der Waals surface area contributed by atoms with Crippen LogP contribution in [0.4, 0.5) is 0 Å². The Kier molecular flexibility index (Phi) is 3.20. The van der Waals surface area contributed by atoms with Crippen LogP contribution in [0.1, 0.15) is 10.6 Å². The lowest BCUT2D eigenvalue weighted by Crippen LogP contribution is -2.56. The fourth-order valence-electron chi connectivity index (χ4n) is 1.78. The predicted octanol–water partition coefficient (Wildman–Crippen LogP) is 1.74. The Morgan fingerprint density at radius 1 is 1.42 bits per heavy atom. The SMILES string of the molecule is O=C(c1ccno1)N1CC(Oc2ncccc2Br)C1. The van der Waals surface area contributed by atoms with Gasteiger partial charge < -0.3 is 14.2 Å². The van der Waals surface area contributed by atoms with E-state index in [1.165, 1.54) is 6.20 Å². The van der Waals surface area contributed by atoms with Crippen LogP contribution in [0.25, 0.3) is 0 Å². The standard InChI is InChI=1S/C12H10BrN3O3/c13-9-2-1-4-14-11(9)18-8-6-16(7-8)12(17)10-3-5-15-19-10/h1-5,8H,6-7H2. The van der Waals surface area contributed by atoms with E-state index in [0.717, 1.165) is 4.47 Å². The second-order valence-electron chi connectivity index (χ2n) is 4.12. The minimum Gasteiger partial charge on any atom is -0.470 e. The van der Waals surface area contributed by atoms with Gasteiger partial charge in [-0.3, -0.25) is 4.79 Å². The van der Waals surface area contributed by atoms with Crippen molar-refractivity contribution in [3.8, 4) is 5.88 Å². The Hall–Kier alpha value is -1.89. The number of amides is 1. The smallest absolute Gasteiger partial charge is 0.292 e. The molecule has 6 nitrogen and oxygen atoms in total. The zero-order chi connectivity index (χ0) is 13.2. The number of likely N-dealkylation sites (tertiary alicyclic amines) is 1. The molecule has 3 rings (SSSR count). The second-order valence-corrected chi connectivity index (χ2v) is 4.97. The van der Waals surface area contributed by atoms with Gasteiger partial charge in [0.25, 0.3) is 5.91 Å². The first-order valence-corrected chi connectivity index (χ1v) is 6.50. The van der Waals surface area contributed by atoms with Crippen molar-refractivity contribution in [2.45, 2.75) is 6.10 Å². The Balaban J connectivity index is 1.56. The molecule has 2 aromatic heterocycles. The largest absolute Gasteiger partial charge is 0.470 e. The zero-order valence-corrected chi connectivity index (χ0v) is 11.4. The molecule has 1 amide bonds. The molecule has 98 valence electrons. The first kappa shape index (κ1) is 12.2. The molecule has 0 saturated carbocycles. The van der Waals surface area contributed by atoms with E-state index in [2.05, 4.69) is 26.1 Å². The van der Waals surface area contributed by atoms with Crippen molar-refractivity contribution in [1.82, 2.24) is 15.0 Å². The van der Waals surface area contributed by atoms with E-state index in [-0.39, 0.29) is 17.8 Å². The van der Waals surface area contributed by atoms with Gasteiger partial charge in [-0.05, 0) is 28.1 Å². The van der Waals surface area contributed by atoms with Crippen LogP contribution in [0, 0.1) is 0 Å². The summed E-state index contributed by atoms with van der Waals surface area (Å²) in [4.78, 5) is 17.6. The van der Waals surface area contributed by atoms with E-state index < -0.39 is 0 Å². The van der Waals surface area contributed by atoms with Gasteiger partial charge in [0.2, 0.25) is 11.6 Å². The van der Waals surface area contributed by atoms with Gasteiger partial charge in [0.15, 0.2) is 0 Å². The van der Waals surface area contributed by atoms with Gasteiger partial charge in [-0.2, -0.15) is 0 Å². The molecule has 0 aromatic carbocycles. The van der Waals surface area contributed by atoms with Crippen LogP contribution in [-0.4, -0.2) is 40.1 Å². The maximum absolute atomic E-state index is 11.9. The first-order chi connectivity index (χ1) is 9.24. The van der Waals surface area contributed by atoms with Crippen molar-refractivity contribution in [2.24, 2.45) is 0 Å². The van der Waals surface area contributed by atoms with Crippen molar-refractivity contribution >= 4 is 21.8 Å². The summed E-state index contributed by atoms with van der Waals surface area (Å²) in [5.74, 6) is 0.620. The molecular formula is C12H10BrN3O3. The van der Waals surface area contributed by atoms with Gasteiger partial charge >= 0.3 is 0 Å². The molecule has 1 aliphatic rings. The summed E-state index contributed by atoms with van der Waals surface area (Å²) in [7, 11) is 0. The monoisotopic (exact) mass is 323 g/mol. The molecule has 1 fully saturated rings.